The second kappa shape index (κ2) is 8.86. The van der Waals surface area contributed by atoms with Crippen LogP contribution in [-0.2, 0) is 30.5 Å². The Balaban J connectivity index is 1.86. The molecule has 0 bridgehead atoms. The van der Waals surface area contributed by atoms with Gasteiger partial charge in [0, 0.05) is 11.6 Å². The summed E-state index contributed by atoms with van der Waals surface area (Å²) in [5.41, 5.74) is 0.711. The maximum Gasteiger partial charge on any atom is 0.416 e. The maximum absolute atomic E-state index is 15.1. The average molecular weight is 419 g/mol. The van der Waals surface area contributed by atoms with Gasteiger partial charge in [0.2, 0.25) is 0 Å². The van der Waals surface area contributed by atoms with Crippen LogP contribution in [0.1, 0.15) is 35.6 Å². The highest BCUT2D eigenvalue weighted by Crippen LogP contribution is 2.36. The molecule has 157 valence electrons. The summed E-state index contributed by atoms with van der Waals surface area (Å²) >= 11 is 0. The summed E-state index contributed by atoms with van der Waals surface area (Å²) in [4.78, 5) is 0. The minimum atomic E-state index is -4.44. The number of halogens is 5. The molecule has 6 heteroatoms. The highest BCUT2D eigenvalue weighted by molar-refractivity contribution is 5.72. The van der Waals surface area contributed by atoms with Gasteiger partial charge < -0.3 is 0 Å². The van der Waals surface area contributed by atoms with Crippen molar-refractivity contribution in [2.45, 2.75) is 38.8 Å². The fourth-order valence-electron chi connectivity index (χ4n) is 3.39. The third kappa shape index (κ3) is 4.81. The van der Waals surface area contributed by atoms with Gasteiger partial charge in [0.25, 0.3) is 0 Å². The van der Waals surface area contributed by atoms with Gasteiger partial charge in [-0.1, -0.05) is 49.7 Å². The Morgan fingerprint density at radius 1 is 0.800 bits per heavy atom. The molecule has 3 aromatic rings. The summed E-state index contributed by atoms with van der Waals surface area (Å²) in [5.74, 6) is -2.61. The normalized spacial score (nSPS) is 11.7. The fraction of sp³-hybridized carbons (Fsp3) is 0.250. The van der Waals surface area contributed by atoms with E-state index in [0.717, 1.165) is 36.6 Å². The van der Waals surface area contributed by atoms with Crippen LogP contribution in [-0.4, -0.2) is 0 Å². The standard InChI is InChI=1S/C24H20F5O/c1-2-3-15-4-9-17(10-5-15)22-21(30)14-20(25)19(23(22)26)13-8-16-6-11-18(12-7-16)24(27,28)29/h4-7,9-12,14H,2-3,8,13H2,1H3. The number of benzene rings is 3. The SMILES string of the molecule is CCCc1ccc(-c2c([O])cc(F)c(CCc3ccc(C(F)(F)F)cc3)c2F)cc1. The van der Waals surface area contributed by atoms with Gasteiger partial charge in [-0.15, -0.1) is 0 Å². The van der Waals surface area contributed by atoms with E-state index in [9.17, 15) is 22.7 Å². The molecule has 1 radical (unpaired) electrons. The average Bonchev–Trinajstić information content (AvgIpc) is 2.69. The minimum Gasteiger partial charge on any atom is -0.289 e. The van der Waals surface area contributed by atoms with Crippen LogP contribution in [0, 0.1) is 11.6 Å². The smallest absolute Gasteiger partial charge is 0.289 e. The number of alkyl halides is 3. The van der Waals surface area contributed by atoms with Crippen molar-refractivity contribution < 1.29 is 27.1 Å². The van der Waals surface area contributed by atoms with E-state index in [4.69, 9.17) is 0 Å². The molecule has 0 spiro atoms. The van der Waals surface area contributed by atoms with Crippen LogP contribution in [0.5, 0.6) is 5.75 Å². The Kier molecular flexibility index (Phi) is 6.44. The molecule has 0 saturated carbocycles. The number of hydrogen-bond acceptors (Lipinski definition) is 0. The van der Waals surface area contributed by atoms with Gasteiger partial charge in [-0.25, -0.2) is 8.78 Å². The Hall–Kier alpha value is -2.89. The second-order valence-corrected chi connectivity index (χ2v) is 7.17. The summed E-state index contributed by atoms with van der Waals surface area (Å²) < 4.78 is 67.3. The molecule has 0 aliphatic rings. The zero-order chi connectivity index (χ0) is 21.9. The lowest BCUT2D eigenvalue weighted by molar-refractivity contribution is -0.137. The van der Waals surface area contributed by atoms with Crippen molar-refractivity contribution in [3.63, 3.8) is 0 Å². The summed E-state index contributed by atoms with van der Waals surface area (Å²) in [6.45, 7) is 2.03. The van der Waals surface area contributed by atoms with Gasteiger partial charge in [0.05, 0.1) is 11.1 Å². The monoisotopic (exact) mass is 419 g/mol. The van der Waals surface area contributed by atoms with E-state index in [1.165, 1.54) is 12.1 Å². The van der Waals surface area contributed by atoms with E-state index < -0.39 is 29.1 Å². The molecule has 0 atom stereocenters. The van der Waals surface area contributed by atoms with Gasteiger partial charge in [-0.2, -0.15) is 13.2 Å². The first kappa shape index (κ1) is 21.8. The summed E-state index contributed by atoms with van der Waals surface area (Å²) in [7, 11) is 0. The van der Waals surface area contributed by atoms with Gasteiger partial charge in [-0.3, -0.25) is 5.11 Å². The zero-order valence-electron chi connectivity index (χ0n) is 16.3. The van der Waals surface area contributed by atoms with Crippen LogP contribution in [0.2, 0.25) is 0 Å². The van der Waals surface area contributed by atoms with Crippen molar-refractivity contribution in [1.29, 1.82) is 0 Å². The Morgan fingerprint density at radius 2 is 1.37 bits per heavy atom. The molecule has 3 aromatic carbocycles. The predicted molar refractivity (Wildman–Crippen MR) is 105 cm³/mol. The van der Waals surface area contributed by atoms with Crippen LogP contribution in [0.4, 0.5) is 22.0 Å². The highest BCUT2D eigenvalue weighted by atomic mass is 19.4. The van der Waals surface area contributed by atoms with Crippen molar-refractivity contribution in [2.24, 2.45) is 0 Å². The molecule has 0 amide bonds. The summed E-state index contributed by atoms with van der Waals surface area (Å²) in [6, 6.07) is 12.1. The molecule has 30 heavy (non-hydrogen) atoms. The molecular formula is C24H20F5O. The molecule has 0 fully saturated rings. The number of hydrogen-bond donors (Lipinski definition) is 0. The van der Waals surface area contributed by atoms with E-state index in [-0.39, 0.29) is 24.0 Å². The zero-order valence-corrected chi connectivity index (χ0v) is 16.3. The third-order valence-corrected chi connectivity index (χ3v) is 5.00. The van der Waals surface area contributed by atoms with Crippen LogP contribution in [0.3, 0.4) is 0 Å². The largest absolute Gasteiger partial charge is 0.416 e. The van der Waals surface area contributed by atoms with Crippen LogP contribution in [0.15, 0.2) is 54.6 Å². The molecule has 1 nitrogen and oxygen atoms in total. The maximum atomic E-state index is 15.1. The Bertz CT molecular complexity index is 1010. The van der Waals surface area contributed by atoms with Crippen molar-refractivity contribution >= 4 is 0 Å². The predicted octanol–water partition coefficient (Wildman–Crippen LogP) is 7.53. The molecule has 0 unspecified atom stereocenters. The quantitative estimate of drug-likeness (QED) is 0.368. The van der Waals surface area contributed by atoms with E-state index in [0.29, 0.717) is 11.1 Å². The van der Waals surface area contributed by atoms with Crippen LogP contribution < -0.4 is 0 Å². The van der Waals surface area contributed by atoms with Crippen LogP contribution in [0.25, 0.3) is 11.1 Å². The molecular weight excluding hydrogens is 399 g/mol. The van der Waals surface area contributed by atoms with E-state index >= 15 is 4.39 Å². The summed E-state index contributed by atoms with van der Waals surface area (Å²) in [5, 5.41) is 12.2. The molecule has 3 rings (SSSR count). The van der Waals surface area contributed by atoms with Gasteiger partial charge in [-0.05, 0) is 48.1 Å². The number of rotatable bonds is 6. The van der Waals surface area contributed by atoms with Gasteiger partial charge in [0.1, 0.15) is 11.6 Å². The first-order valence-corrected chi connectivity index (χ1v) is 9.64. The lowest BCUT2D eigenvalue weighted by Gasteiger charge is -2.12. The molecule has 0 N–H and O–H groups in total. The molecule has 0 saturated heterocycles. The third-order valence-electron chi connectivity index (χ3n) is 5.00. The fourth-order valence-corrected chi connectivity index (χ4v) is 3.39. The Morgan fingerprint density at radius 3 is 1.93 bits per heavy atom. The van der Waals surface area contributed by atoms with Crippen molar-refractivity contribution in [3.05, 3.63) is 88.5 Å². The van der Waals surface area contributed by atoms with E-state index in [1.54, 1.807) is 12.1 Å². The van der Waals surface area contributed by atoms with E-state index in [2.05, 4.69) is 0 Å². The lowest BCUT2D eigenvalue weighted by atomic mass is 9.95. The van der Waals surface area contributed by atoms with Crippen molar-refractivity contribution in [2.75, 3.05) is 0 Å². The first-order valence-electron chi connectivity index (χ1n) is 9.64. The highest BCUT2D eigenvalue weighted by Gasteiger charge is 2.30. The molecule has 0 aliphatic carbocycles. The van der Waals surface area contributed by atoms with Crippen LogP contribution >= 0.6 is 0 Å². The summed E-state index contributed by atoms with van der Waals surface area (Å²) in [6.07, 6.45) is -2.58. The van der Waals surface area contributed by atoms with E-state index in [1.807, 2.05) is 19.1 Å². The Labute approximate surface area is 171 Å². The topological polar surface area (TPSA) is 19.9 Å². The van der Waals surface area contributed by atoms with Crippen molar-refractivity contribution in [1.82, 2.24) is 0 Å². The first-order chi connectivity index (χ1) is 14.2. The minimum absolute atomic E-state index is 0.0791. The second-order valence-electron chi connectivity index (χ2n) is 7.17. The van der Waals surface area contributed by atoms with Crippen molar-refractivity contribution in [3.8, 4) is 16.9 Å². The van der Waals surface area contributed by atoms with Gasteiger partial charge in [0.15, 0.2) is 5.75 Å². The molecule has 0 heterocycles. The number of aryl methyl sites for hydroxylation is 2. The molecule has 0 aromatic heterocycles. The van der Waals surface area contributed by atoms with Gasteiger partial charge >= 0.3 is 6.18 Å². The lowest BCUT2D eigenvalue weighted by Crippen LogP contribution is -2.05. The molecule has 0 aliphatic heterocycles.